The maximum Gasteiger partial charge on any atom is 0.173 e. The van der Waals surface area contributed by atoms with Crippen molar-refractivity contribution in [2.45, 2.75) is 91.8 Å². The van der Waals surface area contributed by atoms with Gasteiger partial charge in [-0.3, -0.25) is 9.98 Å². The smallest absolute Gasteiger partial charge is 0.173 e. The van der Waals surface area contributed by atoms with Gasteiger partial charge < -0.3 is 9.80 Å². The highest BCUT2D eigenvalue weighted by Crippen LogP contribution is 2.52. The van der Waals surface area contributed by atoms with Crippen molar-refractivity contribution in [1.82, 2.24) is 0 Å². The van der Waals surface area contributed by atoms with Crippen LogP contribution in [0.4, 0.5) is 11.4 Å². The third kappa shape index (κ3) is 4.38. The molecule has 1 fully saturated rings. The molecule has 5 rings (SSSR count). The lowest BCUT2D eigenvalue weighted by molar-refractivity contribution is 0.456. The number of anilines is 2. The predicted octanol–water partition coefficient (Wildman–Crippen LogP) is 8.38. The van der Waals surface area contributed by atoms with Crippen LogP contribution < -0.4 is 9.80 Å². The molecule has 0 aromatic heterocycles. The second-order valence-corrected chi connectivity index (χ2v) is 12.1. The van der Waals surface area contributed by atoms with E-state index < -0.39 is 0 Å². The lowest BCUT2D eigenvalue weighted by Crippen LogP contribution is -2.48. The number of rotatable bonds is 6. The number of aryl methyl sites for hydroxylation is 2. The molecule has 3 aromatic carbocycles. The van der Waals surface area contributed by atoms with Crippen LogP contribution in [0.5, 0.6) is 0 Å². The molecule has 39 heavy (non-hydrogen) atoms. The molecular formula is C35H44N4. The Morgan fingerprint density at radius 1 is 0.821 bits per heavy atom. The summed E-state index contributed by atoms with van der Waals surface area (Å²) < 4.78 is 0. The molecule has 0 saturated carbocycles. The standard InChI is InChI=1S/C35H44N4/c1-10-24-16-18-26(19-17-24)38-32(36-9)33(37-23(5)6)39-31-21-29(28-15-13-12-14-27(28)22(3)4)25(11-2)20-30(31)35(7,8)34(38)39/h12-23,34H,10-11H2,1-9H3/b36-32+,37-33+. The van der Waals surface area contributed by atoms with E-state index in [0.29, 0.717) is 5.92 Å². The minimum absolute atomic E-state index is 0.0523. The Bertz CT molecular complexity index is 1430. The summed E-state index contributed by atoms with van der Waals surface area (Å²) >= 11 is 0. The average Bonchev–Trinajstić information content (AvgIpc) is 3.36. The highest BCUT2D eigenvalue weighted by atomic mass is 15.5. The van der Waals surface area contributed by atoms with Gasteiger partial charge in [-0.15, -0.1) is 0 Å². The van der Waals surface area contributed by atoms with Gasteiger partial charge in [-0.05, 0) is 84.2 Å². The molecule has 0 amide bonds. The Morgan fingerprint density at radius 2 is 1.51 bits per heavy atom. The minimum atomic E-state index is -0.150. The van der Waals surface area contributed by atoms with Crippen molar-refractivity contribution in [2.24, 2.45) is 9.98 Å². The zero-order chi connectivity index (χ0) is 28.1. The number of amidine groups is 2. The highest BCUT2D eigenvalue weighted by Gasteiger charge is 2.56. The minimum Gasteiger partial charge on any atom is -0.301 e. The normalized spacial score (nSPS) is 20.0. The molecular weight excluding hydrogens is 476 g/mol. The fraction of sp³-hybridized carbons (Fsp3) is 0.429. The van der Waals surface area contributed by atoms with E-state index in [1.807, 2.05) is 7.05 Å². The Kier molecular flexibility index (Phi) is 7.17. The van der Waals surface area contributed by atoms with Gasteiger partial charge in [-0.2, -0.15) is 0 Å². The topological polar surface area (TPSA) is 31.2 Å². The molecule has 3 aromatic rings. The van der Waals surface area contributed by atoms with Crippen LogP contribution in [0.25, 0.3) is 11.1 Å². The van der Waals surface area contributed by atoms with E-state index in [9.17, 15) is 0 Å². The van der Waals surface area contributed by atoms with Gasteiger partial charge in [0, 0.05) is 29.9 Å². The fourth-order valence-corrected chi connectivity index (χ4v) is 6.46. The number of benzene rings is 3. The van der Waals surface area contributed by atoms with Gasteiger partial charge in [0.25, 0.3) is 0 Å². The summed E-state index contributed by atoms with van der Waals surface area (Å²) in [6, 6.07) is 23.0. The van der Waals surface area contributed by atoms with Gasteiger partial charge in [0.05, 0.1) is 0 Å². The molecule has 204 valence electrons. The van der Waals surface area contributed by atoms with E-state index >= 15 is 0 Å². The number of fused-ring (bicyclic) bond motifs is 3. The van der Waals surface area contributed by atoms with Crippen molar-refractivity contribution >= 4 is 23.0 Å². The summed E-state index contributed by atoms with van der Waals surface area (Å²) in [5, 5.41) is 0. The number of aliphatic imine (C=N–C) groups is 2. The summed E-state index contributed by atoms with van der Waals surface area (Å²) in [5.41, 5.74) is 10.5. The molecule has 0 N–H and O–H groups in total. The molecule has 2 aliphatic heterocycles. The molecule has 0 bridgehead atoms. The maximum absolute atomic E-state index is 5.21. The maximum atomic E-state index is 5.21. The number of nitrogens with zero attached hydrogens (tertiary/aromatic N) is 4. The van der Waals surface area contributed by atoms with Crippen LogP contribution in [-0.4, -0.2) is 30.9 Å². The van der Waals surface area contributed by atoms with E-state index in [0.717, 1.165) is 24.5 Å². The summed E-state index contributed by atoms with van der Waals surface area (Å²) in [4.78, 5) is 15.0. The zero-order valence-electron chi connectivity index (χ0n) is 25.2. The van der Waals surface area contributed by atoms with Crippen LogP contribution in [0.2, 0.25) is 0 Å². The monoisotopic (exact) mass is 520 g/mol. The third-order valence-corrected chi connectivity index (χ3v) is 8.44. The second kappa shape index (κ2) is 10.3. The first kappa shape index (κ1) is 27.2. The van der Waals surface area contributed by atoms with Crippen molar-refractivity contribution < 1.29 is 0 Å². The largest absolute Gasteiger partial charge is 0.301 e. The summed E-state index contributed by atoms with van der Waals surface area (Å²) in [5.74, 6) is 2.37. The van der Waals surface area contributed by atoms with Crippen molar-refractivity contribution in [3.8, 4) is 11.1 Å². The van der Waals surface area contributed by atoms with Crippen LogP contribution in [0.3, 0.4) is 0 Å². The van der Waals surface area contributed by atoms with E-state index in [-0.39, 0.29) is 17.6 Å². The van der Waals surface area contributed by atoms with E-state index in [4.69, 9.17) is 9.98 Å². The van der Waals surface area contributed by atoms with Crippen LogP contribution >= 0.6 is 0 Å². The van der Waals surface area contributed by atoms with Crippen LogP contribution in [-0.2, 0) is 18.3 Å². The fourth-order valence-electron chi connectivity index (χ4n) is 6.46. The third-order valence-electron chi connectivity index (χ3n) is 8.44. The van der Waals surface area contributed by atoms with E-state index in [1.54, 1.807) is 0 Å². The molecule has 0 spiro atoms. The van der Waals surface area contributed by atoms with Crippen LogP contribution in [0, 0.1) is 0 Å². The van der Waals surface area contributed by atoms with Gasteiger partial charge in [0.15, 0.2) is 11.7 Å². The van der Waals surface area contributed by atoms with Crippen molar-refractivity contribution in [3.63, 3.8) is 0 Å². The Morgan fingerprint density at radius 3 is 2.10 bits per heavy atom. The molecule has 2 heterocycles. The predicted molar refractivity (Wildman–Crippen MR) is 169 cm³/mol. The van der Waals surface area contributed by atoms with Crippen LogP contribution in [0.15, 0.2) is 70.6 Å². The first-order valence-electron chi connectivity index (χ1n) is 14.6. The molecule has 0 radical (unpaired) electrons. The Labute approximate surface area is 235 Å². The van der Waals surface area contributed by atoms with Crippen molar-refractivity contribution in [3.05, 3.63) is 82.9 Å². The van der Waals surface area contributed by atoms with Crippen molar-refractivity contribution in [2.75, 3.05) is 16.8 Å². The quantitative estimate of drug-likeness (QED) is 0.327. The SMILES string of the molecule is CCc1ccc(N2C(=N/C)/C(=N\C(C)C)N3c4cc(-c5ccccc5C(C)C)c(CC)cc4C(C)(C)C23)cc1. The average molecular weight is 521 g/mol. The van der Waals surface area contributed by atoms with Crippen LogP contribution in [0.1, 0.15) is 83.6 Å². The molecule has 2 aliphatic rings. The van der Waals surface area contributed by atoms with E-state index in [1.165, 1.54) is 44.8 Å². The van der Waals surface area contributed by atoms with Gasteiger partial charge in [0.1, 0.15) is 6.17 Å². The number of hydrogen-bond acceptors (Lipinski definition) is 2. The number of hydrogen-bond donors (Lipinski definition) is 0. The lowest BCUT2D eigenvalue weighted by atomic mass is 9.80. The molecule has 1 unspecified atom stereocenters. The van der Waals surface area contributed by atoms with Gasteiger partial charge >= 0.3 is 0 Å². The molecule has 0 aliphatic carbocycles. The highest BCUT2D eigenvalue weighted by molar-refractivity contribution is 6.53. The first-order valence-corrected chi connectivity index (χ1v) is 14.6. The Balaban J connectivity index is 1.77. The molecule has 1 saturated heterocycles. The molecule has 4 nitrogen and oxygen atoms in total. The summed E-state index contributed by atoms with van der Waals surface area (Å²) in [6.07, 6.45) is 2.07. The first-order chi connectivity index (χ1) is 18.6. The zero-order valence-corrected chi connectivity index (χ0v) is 25.2. The summed E-state index contributed by atoms with van der Waals surface area (Å²) in [7, 11) is 1.90. The summed E-state index contributed by atoms with van der Waals surface area (Å²) in [6.45, 7) is 18.1. The lowest BCUT2D eigenvalue weighted by Gasteiger charge is -2.35. The molecule has 1 atom stereocenters. The van der Waals surface area contributed by atoms with E-state index in [2.05, 4.69) is 126 Å². The second-order valence-electron chi connectivity index (χ2n) is 12.1. The van der Waals surface area contributed by atoms with Gasteiger partial charge in [0.2, 0.25) is 0 Å². The van der Waals surface area contributed by atoms with Crippen molar-refractivity contribution in [1.29, 1.82) is 0 Å². The van der Waals surface area contributed by atoms with Gasteiger partial charge in [-0.25, -0.2) is 0 Å². The molecule has 4 heteroatoms. The Hall–Kier alpha value is -3.40. The van der Waals surface area contributed by atoms with Gasteiger partial charge in [-0.1, -0.05) is 84.0 Å².